The number of methoxy groups -OCH3 is 1. The maximum Gasteiger partial charge on any atom is 0.160 e. The van der Waals surface area contributed by atoms with Crippen LogP contribution in [0.5, 0.6) is 0 Å². The van der Waals surface area contributed by atoms with Crippen LogP contribution >= 0.6 is 0 Å². The highest BCUT2D eigenvalue weighted by molar-refractivity contribution is 5.54. The Morgan fingerprint density at radius 2 is 1.82 bits per heavy atom. The zero-order valence-electron chi connectivity index (χ0n) is 15.2. The van der Waals surface area contributed by atoms with Crippen molar-refractivity contribution in [2.75, 3.05) is 33.3 Å². The molecule has 22 heavy (non-hydrogen) atoms. The van der Waals surface area contributed by atoms with Crippen LogP contribution in [0, 0.1) is 0 Å². The molecular weight excluding hydrogens is 274 g/mol. The molecule has 0 amide bonds. The van der Waals surface area contributed by atoms with Gasteiger partial charge in [-0.2, -0.15) is 0 Å². The molecular formula is C18H33N3O. The summed E-state index contributed by atoms with van der Waals surface area (Å²) in [5.41, 5.74) is 1.43. The minimum Gasteiger partial charge on any atom is -0.493 e. The highest BCUT2D eigenvalue weighted by atomic mass is 16.5. The molecule has 0 N–H and O–H groups in total. The van der Waals surface area contributed by atoms with E-state index in [1.54, 1.807) is 13.3 Å². The van der Waals surface area contributed by atoms with E-state index in [-0.39, 0.29) is 5.54 Å². The molecule has 1 saturated heterocycles. The van der Waals surface area contributed by atoms with Gasteiger partial charge in [0, 0.05) is 37.9 Å². The number of unbranched alkanes of at least 4 members (excludes halogenated alkanes) is 1. The first-order chi connectivity index (χ1) is 10.4. The number of ether oxygens (including phenoxy) is 1. The highest BCUT2D eigenvalue weighted by Gasteiger charge is 2.27. The lowest BCUT2D eigenvalue weighted by Gasteiger charge is -2.43. The molecule has 1 aliphatic rings. The van der Waals surface area contributed by atoms with E-state index in [9.17, 15) is 0 Å². The SMILES string of the molecule is CC=NC=C(OC)C(=CCCC)N1CCN(C(C)(C)C)CC1. The summed E-state index contributed by atoms with van der Waals surface area (Å²) in [4.78, 5) is 9.20. The quantitative estimate of drug-likeness (QED) is 0.426. The van der Waals surface area contributed by atoms with Gasteiger partial charge in [-0.3, -0.25) is 9.89 Å². The minimum atomic E-state index is 0.242. The summed E-state index contributed by atoms with van der Waals surface area (Å²) in [6.45, 7) is 15.2. The Morgan fingerprint density at radius 3 is 2.27 bits per heavy atom. The van der Waals surface area contributed by atoms with Crippen molar-refractivity contribution in [2.45, 2.75) is 53.0 Å². The van der Waals surface area contributed by atoms with Crippen molar-refractivity contribution in [3.8, 4) is 0 Å². The lowest BCUT2D eigenvalue weighted by Crippen LogP contribution is -2.53. The van der Waals surface area contributed by atoms with Crippen LogP contribution in [0.25, 0.3) is 0 Å². The molecule has 4 heteroatoms. The van der Waals surface area contributed by atoms with Crippen molar-refractivity contribution in [2.24, 2.45) is 4.99 Å². The Balaban J connectivity index is 2.87. The molecule has 1 aliphatic heterocycles. The molecule has 0 bridgehead atoms. The maximum atomic E-state index is 5.58. The van der Waals surface area contributed by atoms with Crippen LogP contribution in [0.3, 0.4) is 0 Å². The first kappa shape index (κ1) is 18.8. The monoisotopic (exact) mass is 307 g/mol. The largest absolute Gasteiger partial charge is 0.493 e. The minimum absolute atomic E-state index is 0.242. The summed E-state index contributed by atoms with van der Waals surface area (Å²) in [5.74, 6) is 0.857. The fourth-order valence-electron chi connectivity index (χ4n) is 2.65. The smallest absolute Gasteiger partial charge is 0.160 e. The van der Waals surface area contributed by atoms with Crippen molar-refractivity contribution in [3.05, 3.63) is 23.7 Å². The van der Waals surface area contributed by atoms with Gasteiger partial charge in [0.15, 0.2) is 5.76 Å². The molecule has 4 nitrogen and oxygen atoms in total. The van der Waals surface area contributed by atoms with E-state index < -0.39 is 0 Å². The molecule has 1 fully saturated rings. The molecule has 1 rings (SSSR count). The Morgan fingerprint density at radius 1 is 1.18 bits per heavy atom. The van der Waals surface area contributed by atoms with Crippen molar-refractivity contribution in [1.29, 1.82) is 0 Å². The first-order valence-corrected chi connectivity index (χ1v) is 8.36. The van der Waals surface area contributed by atoms with E-state index in [4.69, 9.17) is 4.74 Å². The van der Waals surface area contributed by atoms with Crippen molar-refractivity contribution in [1.82, 2.24) is 9.80 Å². The van der Waals surface area contributed by atoms with E-state index in [2.05, 4.69) is 48.6 Å². The zero-order valence-corrected chi connectivity index (χ0v) is 15.2. The summed E-state index contributed by atoms with van der Waals surface area (Å²) >= 11 is 0. The summed E-state index contributed by atoms with van der Waals surface area (Å²) in [7, 11) is 1.72. The molecule has 0 atom stereocenters. The maximum absolute atomic E-state index is 5.58. The first-order valence-electron chi connectivity index (χ1n) is 8.36. The number of nitrogens with zero attached hydrogens (tertiary/aromatic N) is 3. The number of piperazine rings is 1. The van der Waals surface area contributed by atoms with Gasteiger partial charge in [-0.05, 0) is 34.1 Å². The predicted molar refractivity (Wildman–Crippen MR) is 95.1 cm³/mol. The molecule has 0 aromatic rings. The van der Waals surface area contributed by atoms with Crippen LogP contribution in [-0.4, -0.2) is 54.8 Å². The van der Waals surface area contributed by atoms with Crippen LogP contribution < -0.4 is 0 Å². The van der Waals surface area contributed by atoms with Gasteiger partial charge in [0.05, 0.1) is 19.0 Å². The van der Waals surface area contributed by atoms with Crippen LogP contribution in [0.4, 0.5) is 0 Å². The Bertz CT molecular complexity index is 411. The van der Waals surface area contributed by atoms with Crippen LogP contribution in [0.2, 0.25) is 0 Å². The fourth-order valence-corrected chi connectivity index (χ4v) is 2.65. The van der Waals surface area contributed by atoms with Crippen molar-refractivity contribution in [3.63, 3.8) is 0 Å². The average molecular weight is 307 g/mol. The van der Waals surface area contributed by atoms with Crippen LogP contribution in [0.15, 0.2) is 28.7 Å². The molecule has 0 saturated carbocycles. The van der Waals surface area contributed by atoms with Gasteiger partial charge in [-0.15, -0.1) is 0 Å². The number of rotatable bonds is 6. The normalized spacial score (nSPS) is 19.1. The molecule has 0 aliphatic carbocycles. The third kappa shape index (κ3) is 5.48. The number of aliphatic imine (C=N–C) groups is 1. The molecule has 0 aromatic heterocycles. The van der Waals surface area contributed by atoms with Gasteiger partial charge in [0.25, 0.3) is 0 Å². The zero-order chi connectivity index (χ0) is 16.6. The third-order valence-corrected chi connectivity index (χ3v) is 4.01. The Kier molecular flexibility index (Phi) is 7.66. The topological polar surface area (TPSA) is 28.1 Å². The van der Waals surface area contributed by atoms with E-state index in [0.29, 0.717) is 0 Å². The molecule has 126 valence electrons. The van der Waals surface area contributed by atoms with E-state index >= 15 is 0 Å². The van der Waals surface area contributed by atoms with Gasteiger partial charge in [-0.25, -0.2) is 0 Å². The summed E-state index contributed by atoms with van der Waals surface area (Å²) in [6.07, 6.45) is 8.09. The number of allylic oxidation sites excluding steroid dienone is 1. The highest BCUT2D eigenvalue weighted by Crippen LogP contribution is 2.22. The lowest BCUT2D eigenvalue weighted by atomic mass is 10.0. The van der Waals surface area contributed by atoms with Crippen LogP contribution in [0.1, 0.15) is 47.5 Å². The molecule has 0 unspecified atom stereocenters. The molecule has 0 aromatic carbocycles. The predicted octanol–water partition coefficient (Wildman–Crippen LogP) is 3.67. The van der Waals surface area contributed by atoms with Gasteiger partial charge in [-0.1, -0.05) is 19.4 Å². The molecule has 1 heterocycles. The standard InChI is InChI=1S/C18H33N3O/c1-7-9-10-16(17(22-6)15-19-8-2)20-11-13-21(14-12-20)18(3,4)5/h8,10,15H,7,9,11-14H2,1-6H3. The second-order valence-corrected chi connectivity index (χ2v) is 6.63. The summed E-state index contributed by atoms with van der Waals surface area (Å²) in [5, 5.41) is 0. The van der Waals surface area contributed by atoms with E-state index in [1.807, 2.05) is 13.1 Å². The molecule has 0 spiro atoms. The van der Waals surface area contributed by atoms with Crippen LogP contribution in [-0.2, 0) is 4.74 Å². The lowest BCUT2D eigenvalue weighted by molar-refractivity contribution is 0.0736. The summed E-state index contributed by atoms with van der Waals surface area (Å²) < 4.78 is 5.58. The third-order valence-electron chi connectivity index (χ3n) is 4.01. The van der Waals surface area contributed by atoms with E-state index in [0.717, 1.165) is 44.8 Å². The fraction of sp³-hybridized carbons (Fsp3) is 0.722. The number of hydrogen-bond acceptors (Lipinski definition) is 4. The second kappa shape index (κ2) is 8.99. The van der Waals surface area contributed by atoms with Gasteiger partial charge >= 0.3 is 0 Å². The second-order valence-electron chi connectivity index (χ2n) is 6.63. The van der Waals surface area contributed by atoms with Gasteiger partial charge in [0.2, 0.25) is 0 Å². The van der Waals surface area contributed by atoms with Crippen molar-refractivity contribution < 1.29 is 4.74 Å². The summed E-state index contributed by atoms with van der Waals surface area (Å²) in [6, 6.07) is 0. The Hall–Kier alpha value is -1.29. The van der Waals surface area contributed by atoms with E-state index in [1.165, 1.54) is 5.70 Å². The van der Waals surface area contributed by atoms with Gasteiger partial charge < -0.3 is 9.64 Å². The van der Waals surface area contributed by atoms with Crippen molar-refractivity contribution >= 4 is 6.21 Å². The molecule has 0 radical (unpaired) electrons. The number of hydrogen-bond donors (Lipinski definition) is 0. The Labute approximate surface area is 136 Å². The average Bonchev–Trinajstić information content (AvgIpc) is 2.50. The van der Waals surface area contributed by atoms with Gasteiger partial charge in [0.1, 0.15) is 0 Å².